The normalized spacial score (nSPS) is 6.67. The first-order valence-electron chi connectivity index (χ1n) is 1.21. The van der Waals surface area contributed by atoms with Crippen LogP contribution in [0.15, 0.2) is 17.0 Å². The van der Waals surface area contributed by atoms with Gasteiger partial charge < -0.3 is 4.52 Å². The maximum atomic E-state index is 4.22. The predicted octanol–water partition coefficient (Wildman–Crippen LogP) is -0.847. The zero-order chi connectivity index (χ0) is 3.54. The topological polar surface area (TPSA) is 38.9 Å². The van der Waals surface area contributed by atoms with Crippen LogP contribution in [0.2, 0.25) is 0 Å². The fraction of sp³-hybridized carbons (Fsp3) is 0. The molecule has 0 saturated heterocycles. The first kappa shape index (κ1) is 5.93. The molecule has 3 nitrogen and oxygen atoms in total. The van der Waals surface area contributed by atoms with Gasteiger partial charge in [0.25, 0.3) is 0 Å². The van der Waals surface area contributed by atoms with E-state index in [1.54, 1.807) is 0 Å². The molecule has 0 aliphatic carbocycles. The molecule has 0 aromatic carbocycles. The third kappa shape index (κ3) is 1.39. The minimum absolute atomic E-state index is 0. The van der Waals surface area contributed by atoms with Crippen molar-refractivity contribution in [2.24, 2.45) is 0 Å². The predicted molar refractivity (Wildman–Crippen MR) is 22.8 cm³/mol. The van der Waals surface area contributed by atoms with Crippen molar-refractivity contribution in [3.8, 4) is 0 Å². The Morgan fingerprint density at radius 3 is 2.50 bits per heavy atom. The standard InChI is InChI=1S/C2H2N2O.H2Te/c1-2-5-4-3-1;/h1-2H;1H2. The molecule has 6 heavy (non-hydrogen) atoms. The van der Waals surface area contributed by atoms with Gasteiger partial charge in [0, 0.05) is 5.27 Å². The van der Waals surface area contributed by atoms with Crippen LogP contribution in [0.1, 0.15) is 0 Å². The Morgan fingerprint density at radius 1 is 1.50 bits per heavy atom. The van der Waals surface area contributed by atoms with Crippen molar-refractivity contribution in [3.63, 3.8) is 0 Å². The zero-order valence-electron chi connectivity index (χ0n) is 2.96. The SMILES string of the molecule is [TeH2].c1conn1. The minimum atomic E-state index is 0. The number of hydrogen-bond acceptors (Lipinski definition) is 3. The van der Waals surface area contributed by atoms with Gasteiger partial charge in [0.2, 0.25) is 0 Å². The number of hydrogen-bond donors (Lipinski definition) is 0. The van der Waals surface area contributed by atoms with E-state index in [0.29, 0.717) is 0 Å². The Kier molecular flexibility index (Phi) is 3.10. The summed E-state index contributed by atoms with van der Waals surface area (Å²) in [5.74, 6) is 0. The fourth-order valence-corrected chi connectivity index (χ4v) is 0.136. The molecular formula is C2H4N2OTe. The van der Waals surface area contributed by atoms with Crippen LogP contribution < -0.4 is 0 Å². The third-order valence-corrected chi connectivity index (χ3v) is 0.283. The molecule has 0 aliphatic heterocycles. The molecule has 0 saturated carbocycles. The summed E-state index contributed by atoms with van der Waals surface area (Å²) in [7, 11) is 0. The van der Waals surface area contributed by atoms with Crippen LogP contribution in [0.5, 0.6) is 0 Å². The van der Waals surface area contributed by atoms with Crippen molar-refractivity contribution >= 4 is 23.7 Å². The Hall–Kier alpha value is -0.0704. The van der Waals surface area contributed by atoms with E-state index in [-0.39, 0.29) is 23.7 Å². The van der Waals surface area contributed by atoms with Gasteiger partial charge >= 0.3 is 23.7 Å². The largest absolute Gasteiger partial charge is 0.346 e. The first-order valence-corrected chi connectivity index (χ1v) is 1.21. The number of nitrogens with zero attached hydrogens (tertiary/aromatic N) is 2. The molecule has 1 aromatic rings. The van der Waals surface area contributed by atoms with Gasteiger partial charge in [-0.05, 0) is 0 Å². The van der Waals surface area contributed by atoms with Crippen LogP contribution in [-0.4, -0.2) is 34.0 Å². The van der Waals surface area contributed by atoms with Crippen LogP contribution in [0.3, 0.4) is 0 Å². The molecule has 0 atom stereocenters. The molecular weight excluding hydrogens is 196 g/mol. The summed E-state index contributed by atoms with van der Waals surface area (Å²) in [4.78, 5) is 0. The summed E-state index contributed by atoms with van der Waals surface area (Å²) in [5, 5.41) is 6.40. The van der Waals surface area contributed by atoms with Gasteiger partial charge in [-0.25, -0.2) is 0 Å². The van der Waals surface area contributed by atoms with Gasteiger partial charge in [0.1, 0.15) is 6.26 Å². The van der Waals surface area contributed by atoms with Crippen LogP contribution in [0.4, 0.5) is 0 Å². The summed E-state index contributed by atoms with van der Waals surface area (Å²) in [6.45, 7) is 0. The molecule has 0 spiro atoms. The average molecular weight is 200 g/mol. The van der Waals surface area contributed by atoms with Gasteiger partial charge in [-0.15, -0.1) is 5.10 Å². The molecule has 34 valence electrons. The van der Waals surface area contributed by atoms with Gasteiger partial charge in [-0.1, -0.05) is 0 Å². The van der Waals surface area contributed by atoms with Crippen molar-refractivity contribution in [2.75, 3.05) is 0 Å². The maximum Gasteiger partial charge on any atom is 0.144 e. The minimum Gasteiger partial charge on any atom is -0.346 e. The van der Waals surface area contributed by atoms with Crippen LogP contribution in [0, 0.1) is 0 Å². The summed E-state index contributed by atoms with van der Waals surface area (Å²) >= 11 is 0. The number of aromatic nitrogens is 2. The van der Waals surface area contributed by atoms with Gasteiger partial charge in [-0.2, -0.15) is 0 Å². The van der Waals surface area contributed by atoms with E-state index in [4.69, 9.17) is 0 Å². The summed E-state index contributed by atoms with van der Waals surface area (Å²) < 4.78 is 4.22. The summed E-state index contributed by atoms with van der Waals surface area (Å²) in [5.41, 5.74) is 0. The van der Waals surface area contributed by atoms with Gasteiger partial charge in [-0.3, -0.25) is 0 Å². The Morgan fingerprint density at radius 2 is 2.33 bits per heavy atom. The summed E-state index contributed by atoms with van der Waals surface area (Å²) in [6, 6.07) is 0. The molecule has 1 aromatic heterocycles. The van der Waals surface area contributed by atoms with Crippen molar-refractivity contribution in [3.05, 3.63) is 12.5 Å². The van der Waals surface area contributed by atoms with Crippen LogP contribution >= 0.6 is 0 Å². The second-order valence-electron chi connectivity index (χ2n) is 0.588. The van der Waals surface area contributed by atoms with Gasteiger partial charge in [0.05, 0.1) is 6.20 Å². The first-order chi connectivity index (χ1) is 2.50. The quantitative estimate of drug-likeness (QED) is 0.512. The Balaban J connectivity index is 0.000000250. The molecule has 0 bridgehead atoms. The smallest absolute Gasteiger partial charge is 0.144 e. The van der Waals surface area contributed by atoms with Crippen molar-refractivity contribution in [1.82, 2.24) is 10.4 Å². The van der Waals surface area contributed by atoms with Crippen molar-refractivity contribution in [1.29, 1.82) is 0 Å². The molecule has 0 radical (unpaired) electrons. The maximum absolute atomic E-state index is 4.22. The van der Waals surface area contributed by atoms with Crippen molar-refractivity contribution in [2.45, 2.75) is 0 Å². The number of rotatable bonds is 0. The van der Waals surface area contributed by atoms with E-state index in [0.717, 1.165) is 0 Å². The van der Waals surface area contributed by atoms with Crippen molar-refractivity contribution < 1.29 is 4.52 Å². The average Bonchev–Trinajstić information content (AvgIpc) is 1.76. The van der Waals surface area contributed by atoms with E-state index < -0.39 is 0 Å². The van der Waals surface area contributed by atoms with E-state index >= 15 is 0 Å². The molecule has 0 N–H and O–H groups in total. The van der Waals surface area contributed by atoms with Crippen LogP contribution in [0.25, 0.3) is 0 Å². The second kappa shape index (κ2) is 3.13. The Bertz CT molecular complexity index is 68.0. The van der Waals surface area contributed by atoms with E-state index in [1.807, 2.05) is 0 Å². The van der Waals surface area contributed by atoms with E-state index in [1.165, 1.54) is 12.5 Å². The zero-order valence-corrected chi connectivity index (χ0v) is 5.81. The Labute approximate surface area is 51.4 Å². The molecule has 4 heteroatoms. The molecule has 1 heterocycles. The van der Waals surface area contributed by atoms with Gasteiger partial charge in [0.15, 0.2) is 0 Å². The molecule has 0 amide bonds. The molecule has 0 unspecified atom stereocenters. The van der Waals surface area contributed by atoms with E-state index in [2.05, 4.69) is 14.9 Å². The molecule has 1 rings (SSSR count). The summed E-state index contributed by atoms with van der Waals surface area (Å²) in [6.07, 6.45) is 2.88. The fourth-order valence-electron chi connectivity index (χ4n) is 0.136. The molecule has 0 aliphatic rings. The third-order valence-electron chi connectivity index (χ3n) is 0.283. The molecule has 0 fully saturated rings. The second-order valence-corrected chi connectivity index (χ2v) is 0.588. The van der Waals surface area contributed by atoms with Crippen LogP contribution in [-0.2, 0) is 0 Å². The van der Waals surface area contributed by atoms with E-state index in [9.17, 15) is 0 Å². The monoisotopic (exact) mass is 202 g/mol.